The van der Waals surface area contributed by atoms with Crippen LogP contribution in [0.15, 0.2) is 64.2 Å². The van der Waals surface area contributed by atoms with Gasteiger partial charge in [-0.3, -0.25) is 4.79 Å². The average Bonchev–Trinajstić information content (AvgIpc) is 2.60. The van der Waals surface area contributed by atoms with Gasteiger partial charge in [0.05, 0.1) is 5.56 Å². The van der Waals surface area contributed by atoms with Crippen molar-refractivity contribution in [3.8, 4) is 11.1 Å². The van der Waals surface area contributed by atoms with Crippen molar-refractivity contribution >= 4 is 0 Å². The minimum absolute atomic E-state index is 0.0167. The number of alkyl halides is 3. The van der Waals surface area contributed by atoms with E-state index in [1.54, 1.807) is 24.3 Å². The Kier molecular flexibility index (Phi) is 4.41. The molecule has 1 aromatic heterocycles. The maximum Gasteiger partial charge on any atom is 0.416 e. The molecule has 26 heavy (non-hydrogen) atoms. The number of halogens is 3. The molecule has 3 rings (SSSR count). The summed E-state index contributed by atoms with van der Waals surface area (Å²) in [4.78, 5) is 25.1. The molecule has 0 aliphatic heterocycles. The molecule has 5 nitrogen and oxygen atoms in total. The quantitative estimate of drug-likeness (QED) is 0.703. The molecule has 2 N–H and O–H groups in total. The highest BCUT2D eigenvalue weighted by atomic mass is 19.4. The van der Waals surface area contributed by atoms with E-state index in [4.69, 9.17) is 5.21 Å². The largest absolute Gasteiger partial charge is 0.421 e. The molecule has 3 aromatic rings. The van der Waals surface area contributed by atoms with Crippen molar-refractivity contribution in [2.45, 2.75) is 12.6 Å². The number of hydrogen-bond acceptors (Lipinski definition) is 3. The van der Waals surface area contributed by atoms with Crippen molar-refractivity contribution in [1.29, 1.82) is 0 Å². The summed E-state index contributed by atoms with van der Waals surface area (Å²) < 4.78 is 37.8. The van der Waals surface area contributed by atoms with Gasteiger partial charge >= 0.3 is 11.9 Å². The zero-order valence-electron chi connectivity index (χ0n) is 13.2. The molecular formula is C18H13F3N2O3. The van der Waals surface area contributed by atoms with Crippen LogP contribution in [0.2, 0.25) is 0 Å². The summed E-state index contributed by atoms with van der Waals surface area (Å²) in [6, 6.07) is 12.9. The van der Waals surface area contributed by atoms with Crippen molar-refractivity contribution in [2.24, 2.45) is 0 Å². The Morgan fingerprint density at radius 2 is 1.46 bits per heavy atom. The Balaban J connectivity index is 1.80. The van der Waals surface area contributed by atoms with Crippen molar-refractivity contribution in [1.82, 2.24) is 9.71 Å². The van der Waals surface area contributed by atoms with Gasteiger partial charge in [-0.2, -0.15) is 13.2 Å². The molecule has 0 radical (unpaired) electrons. The fraction of sp³-hybridized carbons (Fsp3) is 0.111. The van der Waals surface area contributed by atoms with Gasteiger partial charge in [-0.25, -0.2) is 4.79 Å². The van der Waals surface area contributed by atoms with Crippen molar-refractivity contribution in [3.05, 3.63) is 92.3 Å². The predicted octanol–water partition coefficient (Wildman–Crippen LogP) is 3.05. The highest BCUT2D eigenvalue weighted by Crippen LogP contribution is 2.31. The Morgan fingerprint density at radius 1 is 0.923 bits per heavy atom. The Morgan fingerprint density at radius 3 is 1.96 bits per heavy atom. The first-order valence-corrected chi connectivity index (χ1v) is 7.55. The van der Waals surface area contributed by atoms with E-state index in [1.165, 1.54) is 12.1 Å². The maximum atomic E-state index is 12.6. The van der Waals surface area contributed by atoms with Crippen LogP contribution in [0.4, 0.5) is 13.2 Å². The number of H-pyrrole nitrogens is 1. The van der Waals surface area contributed by atoms with Crippen LogP contribution >= 0.6 is 0 Å². The van der Waals surface area contributed by atoms with Gasteiger partial charge in [0, 0.05) is 18.2 Å². The van der Waals surface area contributed by atoms with E-state index in [2.05, 4.69) is 4.98 Å². The van der Waals surface area contributed by atoms with Gasteiger partial charge in [-0.05, 0) is 28.8 Å². The van der Waals surface area contributed by atoms with Gasteiger partial charge in [0.25, 0.3) is 5.56 Å². The van der Waals surface area contributed by atoms with Gasteiger partial charge in [0.15, 0.2) is 0 Å². The Hall–Kier alpha value is -3.29. The van der Waals surface area contributed by atoms with Crippen LogP contribution in [-0.4, -0.2) is 14.9 Å². The van der Waals surface area contributed by atoms with E-state index in [0.717, 1.165) is 29.3 Å². The molecule has 0 spiro atoms. The average molecular weight is 362 g/mol. The number of benzene rings is 2. The number of nitrogens with one attached hydrogen (secondary N) is 1. The lowest BCUT2D eigenvalue weighted by atomic mass is 10.0. The molecule has 0 saturated carbocycles. The normalized spacial score (nSPS) is 11.5. The van der Waals surface area contributed by atoms with E-state index in [1.807, 2.05) is 0 Å². The highest BCUT2D eigenvalue weighted by molar-refractivity contribution is 5.64. The second-order valence-electron chi connectivity index (χ2n) is 5.70. The molecule has 1 heterocycles. The molecule has 0 saturated heterocycles. The Labute approximate surface area is 144 Å². The standard InChI is InChI=1S/C18H13F3N2O3/c19-18(20,21)14-7-5-13(6-8-14)12-3-1-11(2-4-12)9-15-10-16(24)23(26)17(25)22-15/h1-8,10,26H,9H2,(H,22,25). The molecule has 0 aliphatic carbocycles. The number of aromatic nitrogens is 2. The lowest BCUT2D eigenvalue weighted by molar-refractivity contribution is -0.137. The van der Waals surface area contributed by atoms with E-state index < -0.39 is 23.0 Å². The van der Waals surface area contributed by atoms with Gasteiger partial charge in [-0.1, -0.05) is 41.1 Å². The third-order valence-electron chi connectivity index (χ3n) is 3.86. The van der Waals surface area contributed by atoms with Gasteiger partial charge in [0.2, 0.25) is 0 Å². The molecule has 2 aromatic carbocycles. The van der Waals surface area contributed by atoms with Gasteiger partial charge in [-0.15, -0.1) is 0 Å². The zero-order chi connectivity index (χ0) is 18.9. The smallest absolute Gasteiger partial charge is 0.416 e. The minimum atomic E-state index is -4.37. The molecule has 0 amide bonds. The van der Waals surface area contributed by atoms with Crippen molar-refractivity contribution in [3.63, 3.8) is 0 Å². The topological polar surface area (TPSA) is 75.1 Å². The van der Waals surface area contributed by atoms with Crippen LogP contribution in [0.1, 0.15) is 16.8 Å². The summed E-state index contributed by atoms with van der Waals surface area (Å²) in [6.45, 7) is 0. The van der Waals surface area contributed by atoms with E-state index in [-0.39, 0.29) is 11.2 Å². The third-order valence-corrected chi connectivity index (χ3v) is 3.86. The van der Waals surface area contributed by atoms with Crippen molar-refractivity contribution < 1.29 is 18.4 Å². The predicted molar refractivity (Wildman–Crippen MR) is 88.2 cm³/mol. The second-order valence-corrected chi connectivity index (χ2v) is 5.70. The molecule has 0 fully saturated rings. The molecule has 0 bridgehead atoms. The minimum Gasteiger partial charge on any atom is -0.421 e. The van der Waals surface area contributed by atoms with Gasteiger partial charge in [0.1, 0.15) is 0 Å². The fourth-order valence-corrected chi connectivity index (χ4v) is 2.52. The zero-order valence-corrected chi connectivity index (χ0v) is 13.2. The third kappa shape index (κ3) is 3.69. The first kappa shape index (κ1) is 17.5. The molecule has 0 aliphatic rings. The second kappa shape index (κ2) is 6.55. The molecule has 134 valence electrons. The lowest BCUT2D eigenvalue weighted by Crippen LogP contribution is -2.33. The van der Waals surface area contributed by atoms with Crippen LogP contribution in [0.5, 0.6) is 0 Å². The molecular weight excluding hydrogens is 349 g/mol. The van der Waals surface area contributed by atoms with Crippen LogP contribution < -0.4 is 11.2 Å². The number of hydrogen-bond donors (Lipinski definition) is 2. The van der Waals surface area contributed by atoms with Crippen LogP contribution in [0, 0.1) is 0 Å². The Bertz CT molecular complexity index is 1000. The SMILES string of the molecule is O=c1cc(Cc2ccc(-c3ccc(C(F)(F)F)cc3)cc2)[nH]c(=O)n1O. The first-order chi connectivity index (χ1) is 12.2. The van der Waals surface area contributed by atoms with E-state index >= 15 is 0 Å². The number of nitrogens with zero attached hydrogens (tertiary/aromatic N) is 1. The van der Waals surface area contributed by atoms with Crippen LogP contribution in [0.3, 0.4) is 0 Å². The van der Waals surface area contributed by atoms with Crippen LogP contribution in [-0.2, 0) is 12.6 Å². The summed E-state index contributed by atoms with van der Waals surface area (Å²) in [5, 5.41) is 9.12. The number of rotatable bonds is 3. The maximum absolute atomic E-state index is 12.6. The first-order valence-electron chi connectivity index (χ1n) is 7.55. The lowest BCUT2D eigenvalue weighted by Gasteiger charge is -2.08. The van der Waals surface area contributed by atoms with Gasteiger partial charge < -0.3 is 10.2 Å². The van der Waals surface area contributed by atoms with E-state index in [9.17, 15) is 22.8 Å². The summed E-state index contributed by atoms with van der Waals surface area (Å²) in [5.74, 6) is 0. The number of aromatic amines is 1. The summed E-state index contributed by atoms with van der Waals surface area (Å²) in [6.07, 6.45) is -4.11. The van der Waals surface area contributed by atoms with Crippen LogP contribution in [0.25, 0.3) is 11.1 Å². The molecule has 0 unspecified atom stereocenters. The van der Waals surface area contributed by atoms with Crippen molar-refractivity contribution in [2.75, 3.05) is 0 Å². The summed E-state index contributed by atoms with van der Waals surface area (Å²) in [5.41, 5.74) is 0.0426. The fourth-order valence-electron chi connectivity index (χ4n) is 2.52. The monoisotopic (exact) mass is 362 g/mol. The molecule has 8 heteroatoms. The summed E-state index contributed by atoms with van der Waals surface area (Å²) >= 11 is 0. The summed E-state index contributed by atoms with van der Waals surface area (Å²) in [7, 11) is 0. The highest BCUT2D eigenvalue weighted by Gasteiger charge is 2.29. The molecule has 0 atom stereocenters. The van der Waals surface area contributed by atoms with E-state index in [0.29, 0.717) is 11.3 Å².